The van der Waals surface area contributed by atoms with E-state index in [0.29, 0.717) is 17.0 Å². The smallest absolute Gasteiger partial charge is 0.344 e. The van der Waals surface area contributed by atoms with Gasteiger partial charge in [-0.3, -0.25) is 0 Å². The minimum Gasteiger partial charge on any atom is -0.482 e. The molecule has 0 aliphatic rings. The Labute approximate surface area is 132 Å². The second kappa shape index (κ2) is 7.09. The predicted octanol–water partition coefficient (Wildman–Crippen LogP) is 1.12. The van der Waals surface area contributed by atoms with E-state index in [9.17, 15) is 10.1 Å². The molecule has 118 valence electrons. The van der Waals surface area contributed by atoms with Gasteiger partial charge in [0.25, 0.3) is 0 Å². The highest BCUT2D eigenvalue weighted by atomic mass is 16.6. The van der Waals surface area contributed by atoms with E-state index in [2.05, 4.69) is 9.97 Å². The number of carbonyl (C=O) groups excluding carboxylic acids is 1. The van der Waals surface area contributed by atoms with Crippen molar-refractivity contribution in [2.45, 2.75) is 6.92 Å². The maximum absolute atomic E-state index is 11.3. The minimum absolute atomic E-state index is 0.00726. The number of hydrogen-bond acceptors (Lipinski definition) is 8. The van der Waals surface area contributed by atoms with Crippen LogP contribution < -0.4 is 16.2 Å². The van der Waals surface area contributed by atoms with Gasteiger partial charge in [0, 0.05) is 5.56 Å². The second-order valence-corrected chi connectivity index (χ2v) is 4.42. The van der Waals surface area contributed by atoms with Gasteiger partial charge in [0.2, 0.25) is 5.95 Å². The number of hydrogen-bond donors (Lipinski definition) is 2. The first kappa shape index (κ1) is 16.0. The molecule has 0 aliphatic carbocycles. The number of aromatic nitrogens is 2. The van der Waals surface area contributed by atoms with Crippen molar-refractivity contribution in [3.63, 3.8) is 0 Å². The zero-order chi connectivity index (χ0) is 16.8. The molecule has 1 heterocycles. The summed E-state index contributed by atoms with van der Waals surface area (Å²) in [5, 5.41) is 9.21. The van der Waals surface area contributed by atoms with Gasteiger partial charge in [0.05, 0.1) is 12.3 Å². The lowest BCUT2D eigenvalue weighted by atomic mass is 10.1. The van der Waals surface area contributed by atoms with E-state index in [0.717, 1.165) is 0 Å². The molecule has 2 rings (SSSR count). The van der Waals surface area contributed by atoms with Crippen molar-refractivity contribution < 1.29 is 14.3 Å². The van der Waals surface area contributed by atoms with Gasteiger partial charge in [-0.05, 0) is 19.1 Å². The Morgan fingerprint density at radius 1 is 1.35 bits per heavy atom. The highest BCUT2D eigenvalue weighted by Gasteiger charge is 2.14. The largest absolute Gasteiger partial charge is 0.482 e. The van der Waals surface area contributed by atoms with Gasteiger partial charge >= 0.3 is 5.97 Å². The summed E-state index contributed by atoms with van der Waals surface area (Å²) in [7, 11) is 0. The van der Waals surface area contributed by atoms with Gasteiger partial charge in [0.1, 0.15) is 23.2 Å². The SMILES string of the molecule is CCOC(=O)COc1cccc(-c2nc(N)nc(N)c2C#N)c1. The maximum atomic E-state index is 11.3. The third-order valence-electron chi connectivity index (χ3n) is 2.84. The van der Waals surface area contributed by atoms with Gasteiger partial charge in [-0.2, -0.15) is 10.2 Å². The van der Waals surface area contributed by atoms with Crippen LogP contribution in [0.25, 0.3) is 11.3 Å². The summed E-state index contributed by atoms with van der Waals surface area (Å²) < 4.78 is 10.1. The zero-order valence-corrected chi connectivity index (χ0v) is 12.4. The lowest BCUT2D eigenvalue weighted by molar-refractivity contribution is -0.145. The van der Waals surface area contributed by atoms with Gasteiger partial charge in [0.15, 0.2) is 6.61 Å². The van der Waals surface area contributed by atoms with Crippen LogP contribution in [0, 0.1) is 11.3 Å². The molecular weight excluding hydrogens is 298 g/mol. The van der Waals surface area contributed by atoms with Crippen molar-refractivity contribution in [3.05, 3.63) is 29.8 Å². The number of benzene rings is 1. The number of nitrogens with two attached hydrogens (primary N) is 2. The Kier molecular flexibility index (Phi) is 4.94. The molecule has 0 fully saturated rings. The molecule has 0 spiro atoms. The topological polar surface area (TPSA) is 137 Å². The molecule has 0 radical (unpaired) electrons. The fourth-order valence-electron chi connectivity index (χ4n) is 1.89. The van der Waals surface area contributed by atoms with Crippen LogP contribution in [0.4, 0.5) is 11.8 Å². The van der Waals surface area contributed by atoms with Crippen LogP contribution in [0.3, 0.4) is 0 Å². The van der Waals surface area contributed by atoms with Crippen LogP contribution >= 0.6 is 0 Å². The molecule has 1 aromatic heterocycles. The fourth-order valence-corrected chi connectivity index (χ4v) is 1.89. The van der Waals surface area contributed by atoms with E-state index in [4.69, 9.17) is 20.9 Å². The fraction of sp³-hybridized carbons (Fsp3) is 0.200. The van der Waals surface area contributed by atoms with Crippen LogP contribution in [0.15, 0.2) is 24.3 Å². The average molecular weight is 313 g/mol. The van der Waals surface area contributed by atoms with Crippen molar-refractivity contribution >= 4 is 17.7 Å². The van der Waals surface area contributed by atoms with E-state index < -0.39 is 5.97 Å². The predicted molar refractivity (Wildman–Crippen MR) is 83.1 cm³/mol. The number of ether oxygens (including phenoxy) is 2. The van der Waals surface area contributed by atoms with E-state index in [-0.39, 0.29) is 30.5 Å². The van der Waals surface area contributed by atoms with Crippen molar-refractivity contribution in [1.29, 1.82) is 5.26 Å². The highest BCUT2D eigenvalue weighted by Crippen LogP contribution is 2.27. The van der Waals surface area contributed by atoms with Gasteiger partial charge in [-0.25, -0.2) is 9.78 Å². The standard InChI is InChI=1S/C15H15N5O3/c1-2-22-12(21)8-23-10-5-3-4-9(6-10)13-11(7-16)14(17)20-15(18)19-13/h3-6H,2,8H2,1H3,(H4,17,18,19,20). The second-order valence-electron chi connectivity index (χ2n) is 4.42. The average Bonchev–Trinajstić information content (AvgIpc) is 2.53. The Morgan fingerprint density at radius 3 is 2.83 bits per heavy atom. The number of esters is 1. The Morgan fingerprint density at radius 2 is 2.13 bits per heavy atom. The maximum Gasteiger partial charge on any atom is 0.344 e. The van der Waals surface area contributed by atoms with Crippen LogP contribution in [0.1, 0.15) is 12.5 Å². The van der Waals surface area contributed by atoms with E-state index >= 15 is 0 Å². The monoisotopic (exact) mass is 313 g/mol. The summed E-state index contributed by atoms with van der Waals surface area (Å²) in [4.78, 5) is 19.1. The number of nitrogen functional groups attached to an aromatic ring is 2. The molecule has 0 aliphatic heterocycles. The molecule has 0 saturated carbocycles. The molecule has 23 heavy (non-hydrogen) atoms. The van der Waals surface area contributed by atoms with Crippen LogP contribution in [0.2, 0.25) is 0 Å². The lowest BCUT2D eigenvalue weighted by Crippen LogP contribution is -2.14. The molecular formula is C15H15N5O3. The number of nitrogens with zero attached hydrogens (tertiary/aromatic N) is 3. The van der Waals surface area contributed by atoms with Gasteiger partial charge in [-0.15, -0.1) is 0 Å². The molecule has 0 saturated heterocycles. The summed E-state index contributed by atoms with van der Waals surface area (Å²) >= 11 is 0. The molecule has 4 N–H and O–H groups in total. The van der Waals surface area contributed by atoms with E-state index in [1.54, 1.807) is 31.2 Å². The number of nitriles is 1. The summed E-state index contributed by atoms with van der Waals surface area (Å²) in [6.45, 7) is 1.79. The molecule has 1 aromatic carbocycles. The zero-order valence-electron chi connectivity index (χ0n) is 12.4. The molecule has 0 amide bonds. The van der Waals surface area contributed by atoms with Gasteiger partial charge < -0.3 is 20.9 Å². The molecule has 8 nitrogen and oxygen atoms in total. The molecule has 0 bridgehead atoms. The number of rotatable bonds is 5. The number of carbonyl (C=O) groups is 1. The highest BCUT2D eigenvalue weighted by molar-refractivity contribution is 5.74. The molecule has 2 aromatic rings. The normalized spacial score (nSPS) is 9.91. The minimum atomic E-state index is -0.467. The first-order valence-corrected chi connectivity index (χ1v) is 6.77. The Hall–Kier alpha value is -3.34. The van der Waals surface area contributed by atoms with E-state index in [1.165, 1.54) is 0 Å². The third-order valence-corrected chi connectivity index (χ3v) is 2.84. The quantitative estimate of drug-likeness (QED) is 0.783. The number of anilines is 2. The lowest BCUT2D eigenvalue weighted by Gasteiger charge is -2.09. The van der Waals surface area contributed by atoms with Crippen molar-refractivity contribution in [2.75, 3.05) is 24.7 Å². The first-order chi connectivity index (χ1) is 11.0. The first-order valence-electron chi connectivity index (χ1n) is 6.77. The Bertz CT molecular complexity index is 770. The summed E-state index contributed by atoms with van der Waals surface area (Å²) in [6.07, 6.45) is 0. The van der Waals surface area contributed by atoms with Crippen LogP contribution in [-0.4, -0.2) is 29.2 Å². The van der Waals surface area contributed by atoms with Gasteiger partial charge in [-0.1, -0.05) is 12.1 Å². The molecule has 0 atom stereocenters. The van der Waals surface area contributed by atoms with Crippen molar-refractivity contribution in [3.8, 4) is 23.1 Å². The third kappa shape index (κ3) is 3.85. The van der Waals surface area contributed by atoms with Crippen molar-refractivity contribution in [2.24, 2.45) is 0 Å². The summed E-state index contributed by atoms with van der Waals surface area (Å²) in [5.41, 5.74) is 12.3. The molecule has 8 heteroatoms. The van der Waals surface area contributed by atoms with Crippen LogP contribution in [-0.2, 0) is 9.53 Å². The summed E-state index contributed by atoms with van der Waals surface area (Å²) in [5.74, 6) is -0.0662. The van der Waals surface area contributed by atoms with Crippen LogP contribution in [0.5, 0.6) is 5.75 Å². The Balaban J connectivity index is 2.30. The van der Waals surface area contributed by atoms with E-state index in [1.807, 2.05) is 6.07 Å². The van der Waals surface area contributed by atoms with Crippen molar-refractivity contribution in [1.82, 2.24) is 9.97 Å². The summed E-state index contributed by atoms with van der Waals surface area (Å²) in [6, 6.07) is 8.67. The molecule has 0 unspecified atom stereocenters.